The highest BCUT2D eigenvalue weighted by Crippen LogP contribution is 2.32. The molecule has 0 spiro atoms. The van der Waals surface area contributed by atoms with Gasteiger partial charge in [0.1, 0.15) is 17.5 Å². The van der Waals surface area contributed by atoms with E-state index in [1.54, 1.807) is 18.5 Å². The Hall–Kier alpha value is -3.47. The van der Waals surface area contributed by atoms with Gasteiger partial charge in [0.25, 0.3) is 5.91 Å². The van der Waals surface area contributed by atoms with Gasteiger partial charge in [0.2, 0.25) is 0 Å². The van der Waals surface area contributed by atoms with Gasteiger partial charge in [-0.2, -0.15) is 18.3 Å². The third-order valence-electron chi connectivity index (χ3n) is 5.19. The molecule has 0 radical (unpaired) electrons. The molecule has 1 aliphatic rings. The molecule has 168 valence electrons. The zero-order chi connectivity index (χ0) is 22.7. The molecule has 4 rings (SSSR count). The summed E-state index contributed by atoms with van der Waals surface area (Å²) < 4.78 is 53.1. The number of H-pyrrole nitrogens is 1. The zero-order valence-electron chi connectivity index (χ0n) is 16.9. The maximum absolute atomic E-state index is 14.3. The second-order valence-electron chi connectivity index (χ2n) is 7.38. The van der Waals surface area contributed by atoms with Crippen molar-refractivity contribution in [2.75, 3.05) is 31.5 Å². The first-order valence-electron chi connectivity index (χ1n) is 9.90. The van der Waals surface area contributed by atoms with Gasteiger partial charge < -0.3 is 10.2 Å². The Bertz CT molecular complexity index is 1060. The van der Waals surface area contributed by atoms with Gasteiger partial charge in [0.15, 0.2) is 0 Å². The molecule has 11 heteroatoms. The summed E-state index contributed by atoms with van der Waals surface area (Å²) in [4.78, 5) is 20.4. The number of halogens is 4. The monoisotopic (exact) mass is 448 g/mol. The first kappa shape index (κ1) is 21.8. The molecule has 1 fully saturated rings. The van der Waals surface area contributed by atoms with E-state index in [-0.39, 0.29) is 0 Å². The lowest BCUT2D eigenvalue weighted by atomic mass is 10.1. The quantitative estimate of drug-likeness (QED) is 0.583. The number of alkyl halides is 3. The maximum atomic E-state index is 14.3. The van der Waals surface area contributed by atoms with Crippen LogP contribution in [0.15, 0.2) is 48.8 Å². The van der Waals surface area contributed by atoms with Gasteiger partial charge in [-0.05, 0) is 23.8 Å². The summed E-state index contributed by atoms with van der Waals surface area (Å²) in [7, 11) is 0. The van der Waals surface area contributed by atoms with Crippen LogP contribution >= 0.6 is 0 Å². The molecule has 0 bridgehead atoms. The van der Waals surface area contributed by atoms with Crippen LogP contribution in [0.3, 0.4) is 0 Å². The van der Waals surface area contributed by atoms with Crippen molar-refractivity contribution in [3.05, 3.63) is 71.3 Å². The van der Waals surface area contributed by atoms with Gasteiger partial charge in [-0.15, -0.1) is 0 Å². The van der Waals surface area contributed by atoms with Crippen LogP contribution in [0.1, 0.15) is 21.5 Å². The Labute approximate surface area is 181 Å². The third-order valence-corrected chi connectivity index (χ3v) is 5.19. The second kappa shape index (κ2) is 8.95. The summed E-state index contributed by atoms with van der Waals surface area (Å²) in [6.45, 7) is 2.22. The maximum Gasteiger partial charge on any atom is 0.419 e. The Balaban J connectivity index is 1.33. The van der Waals surface area contributed by atoms with Gasteiger partial charge in [-0.3, -0.25) is 14.8 Å². The number of hydrogen-bond donors (Lipinski definition) is 2. The Kier molecular flexibility index (Phi) is 6.08. The first-order chi connectivity index (χ1) is 15.3. The normalized spacial score (nSPS) is 15.1. The summed E-state index contributed by atoms with van der Waals surface area (Å²) in [6.07, 6.45) is -1.48. The molecule has 3 aromatic rings. The van der Waals surface area contributed by atoms with Crippen LogP contribution in [0.4, 0.5) is 29.2 Å². The standard InChI is InChI=1S/C21H20F4N6O/c22-19-15(2-1-3-16(19)21(23,24)25)20(32)31-10-8-30(9-11-31)13-14-4-5-17(26-12-14)28-18-6-7-27-29-18/h1-7,12H,8-11,13H2,(H2,26,27,28,29). The van der Waals surface area contributed by atoms with Crippen molar-refractivity contribution in [2.24, 2.45) is 0 Å². The summed E-state index contributed by atoms with van der Waals surface area (Å²) >= 11 is 0. The molecular weight excluding hydrogens is 428 g/mol. The lowest BCUT2D eigenvalue weighted by molar-refractivity contribution is -0.140. The number of anilines is 2. The van der Waals surface area contributed by atoms with E-state index in [1.807, 2.05) is 12.1 Å². The van der Waals surface area contributed by atoms with Crippen molar-refractivity contribution in [1.29, 1.82) is 0 Å². The number of rotatable bonds is 5. The number of piperazine rings is 1. The van der Waals surface area contributed by atoms with Crippen molar-refractivity contribution in [1.82, 2.24) is 25.0 Å². The number of carbonyl (C=O) groups excluding carboxylic acids is 1. The van der Waals surface area contributed by atoms with Crippen LogP contribution < -0.4 is 5.32 Å². The minimum Gasteiger partial charge on any atom is -0.336 e. The van der Waals surface area contributed by atoms with Crippen LogP contribution in [0.5, 0.6) is 0 Å². The second-order valence-corrected chi connectivity index (χ2v) is 7.38. The van der Waals surface area contributed by atoms with Crippen molar-refractivity contribution >= 4 is 17.5 Å². The smallest absolute Gasteiger partial charge is 0.336 e. The van der Waals surface area contributed by atoms with E-state index in [4.69, 9.17) is 0 Å². The molecule has 0 saturated carbocycles. The molecule has 1 aromatic carbocycles. The molecular formula is C21H20F4N6O. The van der Waals surface area contributed by atoms with Gasteiger partial charge >= 0.3 is 6.18 Å². The van der Waals surface area contributed by atoms with E-state index in [2.05, 4.69) is 25.4 Å². The average molecular weight is 448 g/mol. The fraction of sp³-hybridized carbons (Fsp3) is 0.286. The highest BCUT2D eigenvalue weighted by molar-refractivity contribution is 5.94. The highest BCUT2D eigenvalue weighted by Gasteiger charge is 2.36. The molecule has 1 amide bonds. The van der Waals surface area contributed by atoms with Crippen LogP contribution in [-0.4, -0.2) is 57.1 Å². The van der Waals surface area contributed by atoms with E-state index in [9.17, 15) is 22.4 Å². The van der Waals surface area contributed by atoms with Crippen LogP contribution in [-0.2, 0) is 12.7 Å². The van der Waals surface area contributed by atoms with Gasteiger partial charge in [0, 0.05) is 45.0 Å². The van der Waals surface area contributed by atoms with Crippen LogP contribution in [0.2, 0.25) is 0 Å². The number of amides is 1. The van der Waals surface area contributed by atoms with E-state index in [0.29, 0.717) is 44.6 Å². The van der Waals surface area contributed by atoms with E-state index in [0.717, 1.165) is 23.5 Å². The molecule has 7 nitrogen and oxygen atoms in total. The van der Waals surface area contributed by atoms with Crippen molar-refractivity contribution in [3.8, 4) is 0 Å². The summed E-state index contributed by atoms with van der Waals surface area (Å²) in [5.74, 6) is -0.869. The van der Waals surface area contributed by atoms with Crippen molar-refractivity contribution in [3.63, 3.8) is 0 Å². The van der Waals surface area contributed by atoms with Gasteiger partial charge in [0.05, 0.1) is 17.3 Å². The molecule has 1 aliphatic heterocycles. The first-order valence-corrected chi connectivity index (χ1v) is 9.90. The number of carbonyl (C=O) groups is 1. The average Bonchev–Trinajstić information content (AvgIpc) is 3.28. The lowest BCUT2D eigenvalue weighted by Crippen LogP contribution is -2.48. The molecule has 0 atom stereocenters. The highest BCUT2D eigenvalue weighted by atomic mass is 19.4. The number of benzene rings is 1. The summed E-state index contributed by atoms with van der Waals surface area (Å²) in [5.41, 5.74) is -1.01. The van der Waals surface area contributed by atoms with Crippen LogP contribution in [0, 0.1) is 5.82 Å². The predicted octanol–water partition coefficient (Wildman–Crippen LogP) is 3.66. The van der Waals surface area contributed by atoms with E-state index >= 15 is 0 Å². The molecule has 2 aromatic heterocycles. The predicted molar refractivity (Wildman–Crippen MR) is 109 cm³/mol. The number of nitrogens with zero attached hydrogens (tertiary/aromatic N) is 4. The summed E-state index contributed by atoms with van der Waals surface area (Å²) in [5, 5.41) is 9.71. The molecule has 1 saturated heterocycles. The van der Waals surface area contributed by atoms with Gasteiger partial charge in [-0.25, -0.2) is 9.37 Å². The van der Waals surface area contributed by atoms with E-state index in [1.165, 1.54) is 4.90 Å². The molecule has 0 unspecified atom stereocenters. The van der Waals surface area contributed by atoms with Crippen LogP contribution in [0.25, 0.3) is 0 Å². The molecule has 3 heterocycles. The number of pyridine rings is 1. The molecule has 0 aliphatic carbocycles. The Morgan fingerprint density at radius 1 is 1.09 bits per heavy atom. The SMILES string of the molecule is O=C(c1cccc(C(F)(F)F)c1F)N1CCN(Cc2ccc(Nc3ccn[nH]3)nc2)CC1. The van der Waals surface area contributed by atoms with Crippen molar-refractivity contribution < 1.29 is 22.4 Å². The number of nitrogens with one attached hydrogen (secondary N) is 2. The zero-order valence-corrected chi connectivity index (χ0v) is 16.9. The lowest BCUT2D eigenvalue weighted by Gasteiger charge is -2.34. The minimum absolute atomic E-state index is 0.293. The topological polar surface area (TPSA) is 77.2 Å². The summed E-state index contributed by atoms with van der Waals surface area (Å²) in [6, 6.07) is 8.32. The number of aromatic nitrogens is 3. The molecule has 32 heavy (non-hydrogen) atoms. The number of hydrogen-bond acceptors (Lipinski definition) is 5. The Morgan fingerprint density at radius 3 is 2.50 bits per heavy atom. The van der Waals surface area contributed by atoms with Crippen molar-refractivity contribution in [2.45, 2.75) is 12.7 Å². The fourth-order valence-corrected chi connectivity index (χ4v) is 3.51. The molecule has 2 N–H and O–H groups in total. The fourth-order valence-electron chi connectivity index (χ4n) is 3.51. The Morgan fingerprint density at radius 2 is 1.88 bits per heavy atom. The van der Waals surface area contributed by atoms with Gasteiger partial charge in [-0.1, -0.05) is 12.1 Å². The minimum atomic E-state index is -4.85. The van der Waals surface area contributed by atoms with E-state index < -0.39 is 29.0 Å². The third kappa shape index (κ3) is 4.88. The number of aromatic amines is 1. The largest absolute Gasteiger partial charge is 0.419 e.